The van der Waals surface area contributed by atoms with Crippen LogP contribution in [0, 0.1) is 6.92 Å². The van der Waals surface area contributed by atoms with Gasteiger partial charge in [-0.15, -0.1) is 16.8 Å². The van der Waals surface area contributed by atoms with Crippen LogP contribution in [-0.2, 0) is 0 Å². The third-order valence-corrected chi connectivity index (χ3v) is 2.43. The van der Waals surface area contributed by atoms with Crippen molar-refractivity contribution < 1.29 is 5.11 Å². The first-order valence-electron chi connectivity index (χ1n) is 8.50. The Hall–Kier alpha value is -2.36. The molecular weight excluding hydrogens is 298 g/mol. The van der Waals surface area contributed by atoms with Crippen LogP contribution in [0.5, 0.6) is 5.75 Å². The number of phenols is 1. The Bertz CT molecular complexity index is 551. The number of allylic oxidation sites excluding steroid dienone is 1. The topological polar surface area (TPSA) is 72.0 Å². The summed E-state index contributed by atoms with van der Waals surface area (Å²) in [5, 5.41) is 17.0. The first-order chi connectivity index (χ1) is 11.5. The predicted molar refractivity (Wildman–Crippen MR) is 106 cm³/mol. The monoisotopic (exact) mass is 331 g/mol. The number of nitrogens with two attached hydrogens (primary N) is 1. The van der Waals surface area contributed by atoms with Crippen molar-refractivity contribution in [2.75, 3.05) is 5.73 Å². The Morgan fingerprint density at radius 2 is 1.54 bits per heavy atom. The van der Waals surface area contributed by atoms with Crippen LogP contribution in [0.2, 0.25) is 0 Å². The lowest BCUT2D eigenvalue weighted by molar-refractivity contribution is 0.475. The lowest BCUT2D eigenvalue weighted by Crippen LogP contribution is -1.97. The quantitative estimate of drug-likeness (QED) is 0.686. The highest BCUT2D eigenvalue weighted by Crippen LogP contribution is 2.22. The SMILES string of the molecule is C=CCC.CC.CCC.Cc1cc(N)nnc1-c1ccc(O)cc1. The number of nitrogen functional groups attached to an aromatic ring is 1. The third kappa shape index (κ3) is 10.4. The van der Waals surface area contributed by atoms with E-state index < -0.39 is 0 Å². The van der Waals surface area contributed by atoms with Gasteiger partial charge in [0.25, 0.3) is 0 Å². The molecule has 0 saturated carbocycles. The van der Waals surface area contributed by atoms with Crippen molar-refractivity contribution >= 4 is 5.82 Å². The molecule has 4 nitrogen and oxygen atoms in total. The van der Waals surface area contributed by atoms with E-state index in [1.165, 1.54) is 6.42 Å². The molecule has 0 aliphatic heterocycles. The normalized spacial score (nSPS) is 8.42. The molecule has 0 spiro atoms. The largest absolute Gasteiger partial charge is 0.508 e. The maximum absolute atomic E-state index is 9.16. The Kier molecular flexibility index (Phi) is 15.5. The lowest BCUT2D eigenvalue weighted by atomic mass is 10.1. The highest BCUT2D eigenvalue weighted by molar-refractivity contribution is 5.64. The molecule has 0 bridgehead atoms. The number of rotatable bonds is 2. The van der Waals surface area contributed by atoms with E-state index in [2.05, 4.69) is 37.5 Å². The standard InChI is InChI=1S/C11H11N3O.C4H8.C3H8.C2H6/c1-7-6-10(12)13-14-11(7)8-2-4-9(15)5-3-8;1-3-4-2;1-3-2;1-2/h2-6,15H,1H3,(H2,12,13);3H,1,4H2,2H3;3H2,1-2H3;1-2H3. The van der Waals surface area contributed by atoms with Gasteiger partial charge in [-0.3, -0.25) is 0 Å². The molecule has 3 N–H and O–H groups in total. The Morgan fingerprint density at radius 3 is 1.92 bits per heavy atom. The molecular formula is C20H33N3O. The van der Waals surface area contributed by atoms with Gasteiger partial charge in [0.2, 0.25) is 0 Å². The maximum Gasteiger partial charge on any atom is 0.146 e. The molecule has 134 valence electrons. The molecule has 2 rings (SSSR count). The van der Waals surface area contributed by atoms with Crippen molar-refractivity contribution in [1.29, 1.82) is 0 Å². The Labute approximate surface area is 147 Å². The summed E-state index contributed by atoms with van der Waals surface area (Å²) in [7, 11) is 0. The van der Waals surface area contributed by atoms with Crippen LogP contribution in [0.4, 0.5) is 5.82 Å². The molecule has 0 fully saturated rings. The number of nitrogens with zero attached hydrogens (tertiary/aromatic N) is 2. The molecule has 1 aromatic heterocycles. The smallest absolute Gasteiger partial charge is 0.146 e. The van der Waals surface area contributed by atoms with E-state index >= 15 is 0 Å². The number of phenolic OH excluding ortho intramolecular Hbond substituents is 1. The molecule has 0 saturated heterocycles. The van der Waals surface area contributed by atoms with Gasteiger partial charge < -0.3 is 10.8 Å². The summed E-state index contributed by atoms with van der Waals surface area (Å²) in [5.74, 6) is 0.648. The average Bonchev–Trinajstić information content (AvgIpc) is 2.59. The van der Waals surface area contributed by atoms with Gasteiger partial charge in [0.05, 0.1) is 5.69 Å². The van der Waals surface area contributed by atoms with Gasteiger partial charge in [0.1, 0.15) is 11.6 Å². The molecule has 0 atom stereocenters. The second kappa shape index (κ2) is 15.5. The number of anilines is 1. The van der Waals surface area contributed by atoms with Crippen molar-refractivity contribution in [2.24, 2.45) is 0 Å². The number of aromatic hydroxyl groups is 1. The molecule has 2 aromatic rings. The fraction of sp³-hybridized carbons (Fsp3) is 0.400. The minimum atomic E-state index is 0.236. The van der Waals surface area contributed by atoms with Gasteiger partial charge in [-0.05, 0) is 49.2 Å². The number of benzene rings is 1. The second-order valence-corrected chi connectivity index (χ2v) is 4.75. The summed E-state index contributed by atoms with van der Waals surface area (Å²) < 4.78 is 0. The van der Waals surface area contributed by atoms with Crippen molar-refractivity contribution in [2.45, 2.75) is 54.4 Å². The summed E-state index contributed by atoms with van der Waals surface area (Å²) in [4.78, 5) is 0. The summed E-state index contributed by atoms with van der Waals surface area (Å²) in [6.07, 6.45) is 4.21. The summed E-state index contributed by atoms with van der Waals surface area (Å²) in [6, 6.07) is 8.60. The first kappa shape index (κ1) is 23.9. The van der Waals surface area contributed by atoms with Crippen LogP contribution in [0.1, 0.15) is 53.0 Å². The van der Waals surface area contributed by atoms with Crippen LogP contribution < -0.4 is 5.73 Å². The zero-order valence-corrected chi connectivity index (χ0v) is 16.0. The number of aryl methyl sites for hydroxylation is 1. The van der Waals surface area contributed by atoms with E-state index in [1.807, 2.05) is 26.8 Å². The highest BCUT2D eigenvalue weighted by Gasteiger charge is 2.04. The number of hydrogen-bond acceptors (Lipinski definition) is 4. The molecule has 0 amide bonds. The molecule has 0 unspecified atom stereocenters. The lowest BCUT2D eigenvalue weighted by Gasteiger charge is -2.04. The fourth-order valence-electron chi connectivity index (χ4n) is 1.41. The number of hydrogen-bond donors (Lipinski definition) is 2. The van der Waals surface area contributed by atoms with Crippen molar-refractivity contribution in [1.82, 2.24) is 10.2 Å². The molecule has 24 heavy (non-hydrogen) atoms. The average molecular weight is 332 g/mol. The van der Waals surface area contributed by atoms with Crippen LogP contribution >= 0.6 is 0 Å². The fourth-order valence-corrected chi connectivity index (χ4v) is 1.41. The van der Waals surface area contributed by atoms with Crippen molar-refractivity contribution in [3.8, 4) is 17.0 Å². The van der Waals surface area contributed by atoms with Crippen LogP contribution in [0.3, 0.4) is 0 Å². The Balaban J connectivity index is 0. The predicted octanol–water partition coefficient (Wildman–Crippen LogP) is 5.76. The van der Waals surface area contributed by atoms with Gasteiger partial charge >= 0.3 is 0 Å². The van der Waals surface area contributed by atoms with Crippen LogP contribution in [0.15, 0.2) is 43.0 Å². The first-order valence-corrected chi connectivity index (χ1v) is 8.50. The molecule has 0 radical (unpaired) electrons. The van der Waals surface area contributed by atoms with Crippen molar-refractivity contribution in [3.63, 3.8) is 0 Å². The molecule has 1 aromatic carbocycles. The van der Waals surface area contributed by atoms with Crippen LogP contribution in [-0.4, -0.2) is 15.3 Å². The van der Waals surface area contributed by atoms with Gasteiger partial charge in [-0.2, -0.15) is 0 Å². The van der Waals surface area contributed by atoms with Crippen LogP contribution in [0.25, 0.3) is 11.3 Å². The highest BCUT2D eigenvalue weighted by atomic mass is 16.3. The molecule has 0 aliphatic rings. The molecule has 1 heterocycles. The van der Waals surface area contributed by atoms with Gasteiger partial charge in [0, 0.05) is 5.56 Å². The van der Waals surface area contributed by atoms with E-state index in [0.717, 1.165) is 23.2 Å². The zero-order chi connectivity index (χ0) is 19.0. The minimum Gasteiger partial charge on any atom is -0.508 e. The zero-order valence-electron chi connectivity index (χ0n) is 16.0. The number of aromatic nitrogens is 2. The van der Waals surface area contributed by atoms with E-state index in [4.69, 9.17) is 10.8 Å². The van der Waals surface area contributed by atoms with E-state index in [0.29, 0.717) is 5.82 Å². The van der Waals surface area contributed by atoms with Gasteiger partial charge in [-0.1, -0.05) is 47.1 Å². The molecule has 4 heteroatoms. The van der Waals surface area contributed by atoms with E-state index in [-0.39, 0.29) is 5.75 Å². The Morgan fingerprint density at radius 1 is 1.08 bits per heavy atom. The second-order valence-electron chi connectivity index (χ2n) is 4.75. The van der Waals surface area contributed by atoms with E-state index in [1.54, 1.807) is 30.3 Å². The maximum atomic E-state index is 9.16. The summed E-state index contributed by atoms with van der Waals surface area (Å²) >= 11 is 0. The van der Waals surface area contributed by atoms with Gasteiger partial charge in [0.15, 0.2) is 0 Å². The summed E-state index contributed by atoms with van der Waals surface area (Å²) in [5.41, 5.74) is 8.18. The van der Waals surface area contributed by atoms with Gasteiger partial charge in [-0.25, -0.2) is 0 Å². The van der Waals surface area contributed by atoms with E-state index in [9.17, 15) is 0 Å². The molecule has 0 aliphatic carbocycles. The summed E-state index contributed by atoms with van der Waals surface area (Å²) in [6.45, 7) is 15.7. The third-order valence-electron chi connectivity index (χ3n) is 2.43. The van der Waals surface area contributed by atoms with Crippen molar-refractivity contribution in [3.05, 3.63) is 48.6 Å². The minimum absolute atomic E-state index is 0.236.